The molecule has 0 unspecified atom stereocenters. The van der Waals surface area contributed by atoms with Gasteiger partial charge in [0.05, 0.1) is 6.20 Å². The van der Waals surface area contributed by atoms with Crippen LogP contribution in [-0.4, -0.2) is 16.9 Å². The number of hydrazone groups is 1. The van der Waals surface area contributed by atoms with Gasteiger partial charge in [0, 0.05) is 12.6 Å². The summed E-state index contributed by atoms with van der Waals surface area (Å²) in [5, 5.41) is 5.74. The van der Waals surface area contributed by atoms with E-state index in [1.165, 1.54) is 5.23 Å². The summed E-state index contributed by atoms with van der Waals surface area (Å²) < 4.78 is 0. The lowest BCUT2D eigenvalue weighted by Crippen LogP contribution is -2.44. The summed E-state index contributed by atoms with van der Waals surface area (Å²) >= 11 is 5.60. The standard InChI is InChI=1S/C6H10ClN4/c1-2-4-8-11-9-5-3-6(7)10-11/h3,8-9H,2,4H2,1H3. The van der Waals surface area contributed by atoms with Crippen LogP contribution in [0.15, 0.2) is 11.2 Å². The van der Waals surface area contributed by atoms with E-state index < -0.39 is 0 Å². The van der Waals surface area contributed by atoms with E-state index in [1.807, 2.05) is 0 Å². The first kappa shape index (κ1) is 8.36. The molecule has 1 aliphatic heterocycles. The van der Waals surface area contributed by atoms with Crippen molar-refractivity contribution in [3.63, 3.8) is 0 Å². The molecule has 0 aromatic heterocycles. The van der Waals surface area contributed by atoms with Crippen LogP contribution in [0.25, 0.3) is 0 Å². The number of nitrogens with zero attached hydrogens (tertiary/aromatic N) is 2. The number of allylic oxidation sites excluding steroid dienone is 1. The molecule has 2 N–H and O–H groups in total. The van der Waals surface area contributed by atoms with Gasteiger partial charge in [-0.2, -0.15) is 5.43 Å². The fourth-order valence-corrected chi connectivity index (χ4v) is 0.725. The summed E-state index contributed by atoms with van der Waals surface area (Å²) in [7, 11) is 0. The second-order valence-electron chi connectivity index (χ2n) is 2.04. The third-order valence-electron chi connectivity index (χ3n) is 1.07. The molecular formula is C6H10ClN4. The fraction of sp³-hybridized carbons (Fsp3) is 0.500. The molecule has 1 aliphatic rings. The summed E-state index contributed by atoms with van der Waals surface area (Å²) in [6, 6.07) is 0. The van der Waals surface area contributed by atoms with Crippen LogP contribution in [-0.2, 0) is 0 Å². The molecule has 1 rings (SSSR count). The lowest BCUT2D eigenvalue weighted by atomic mass is 10.5. The predicted molar refractivity (Wildman–Crippen MR) is 44.4 cm³/mol. The van der Waals surface area contributed by atoms with Crippen molar-refractivity contribution in [1.82, 2.24) is 16.1 Å². The minimum Gasteiger partial charge on any atom is -0.265 e. The molecule has 0 bridgehead atoms. The van der Waals surface area contributed by atoms with Crippen LogP contribution >= 0.6 is 11.6 Å². The number of hydrogen-bond acceptors (Lipinski definition) is 4. The van der Waals surface area contributed by atoms with Crippen molar-refractivity contribution < 1.29 is 0 Å². The van der Waals surface area contributed by atoms with E-state index in [4.69, 9.17) is 11.6 Å². The average Bonchev–Trinajstić information content (AvgIpc) is 2.01. The number of nitrogens with one attached hydrogen (secondary N) is 2. The fourth-order valence-electron chi connectivity index (χ4n) is 0.595. The SMILES string of the molecule is CCCNN1N=C(Cl)C=[C]N1. The first-order valence-corrected chi connectivity index (χ1v) is 3.83. The largest absolute Gasteiger partial charge is 0.265 e. The Morgan fingerprint density at radius 3 is 3.36 bits per heavy atom. The van der Waals surface area contributed by atoms with E-state index in [1.54, 1.807) is 6.08 Å². The zero-order chi connectivity index (χ0) is 8.10. The van der Waals surface area contributed by atoms with E-state index in [2.05, 4.69) is 29.1 Å². The molecule has 11 heavy (non-hydrogen) atoms. The molecule has 0 aromatic rings. The molecule has 5 heteroatoms. The van der Waals surface area contributed by atoms with E-state index >= 15 is 0 Å². The maximum absolute atomic E-state index is 5.60. The molecule has 0 spiro atoms. The highest BCUT2D eigenvalue weighted by molar-refractivity contribution is 6.68. The summed E-state index contributed by atoms with van der Waals surface area (Å²) in [5.41, 5.74) is 5.70. The van der Waals surface area contributed by atoms with Crippen molar-refractivity contribution >= 4 is 16.8 Å². The van der Waals surface area contributed by atoms with Crippen LogP contribution < -0.4 is 10.9 Å². The van der Waals surface area contributed by atoms with E-state index in [-0.39, 0.29) is 0 Å². The van der Waals surface area contributed by atoms with Crippen molar-refractivity contribution in [1.29, 1.82) is 0 Å². The van der Waals surface area contributed by atoms with Crippen molar-refractivity contribution in [2.75, 3.05) is 6.54 Å². The molecule has 0 saturated carbocycles. The van der Waals surface area contributed by atoms with Crippen LogP contribution in [0.4, 0.5) is 0 Å². The highest BCUT2D eigenvalue weighted by Crippen LogP contribution is 1.94. The van der Waals surface area contributed by atoms with Gasteiger partial charge in [0.25, 0.3) is 0 Å². The van der Waals surface area contributed by atoms with Gasteiger partial charge < -0.3 is 0 Å². The van der Waals surface area contributed by atoms with Gasteiger partial charge in [0.1, 0.15) is 0 Å². The topological polar surface area (TPSA) is 39.7 Å². The smallest absolute Gasteiger partial charge is 0.154 e. The first-order chi connectivity index (χ1) is 5.33. The molecule has 1 radical (unpaired) electrons. The summed E-state index contributed by atoms with van der Waals surface area (Å²) in [6.07, 6.45) is 5.32. The van der Waals surface area contributed by atoms with Gasteiger partial charge in [-0.25, -0.2) is 0 Å². The van der Waals surface area contributed by atoms with Gasteiger partial charge in [-0.15, -0.1) is 10.3 Å². The van der Waals surface area contributed by atoms with Crippen LogP contribution in [0.3, 0.4) is 0 Å². The minimum absolute atomic E-state index is 0.410. The van der Waals surface area contributed by atoms with Gasteiger partial charge >= 0.3 is 0 Å². The van der Waals surface area contributed by atoms with Crippen LogP contribution in [0.1, 0.15) is 13.3 Å². The Hall–Kier alpha value is -0.740. The number of hydrazine groups is 2. The molecular weight excluding hydrogens is 164 g/mol. The van der Waals surface area contributed by atoms with Crippen molar-refractivity contribution in [2.24, 2.45) is 5.10 Å². The predicted octanol–water partition coefficient (Wildman–Crippen LogP) is 0.590. The van der Waals surface area contributed by atoms with Crippen molar-refractivity contribution in [2.45, 2.75) is 13.3 Å². The summed E-state index contributed by atoms with van der Waals surface area (Å²) in [5.74, 6) is 0. The van der Waals surface area contributed by atoms with E-state index in [9.17, 15) is 0 Å². The zero-order valence-electron chi connectivity index (χ0n) is 6.26. The number of hydrogen-bond donors (Lipinski definition) is 2. The Morgan fingerprint density at radius 2 is 2.73 bits per heavy atom. The molecule has 0 amide bonds. The Kier molecular flexibility index (Phi) is 3.19. The second-order valence-corrected chi connectivity index (χ2v) is 2.43. The lowest BCUT2D eigenvalue weighted by molar-refractivity contribution is 0.141. The Balaban J connectivity index is 2.31. The molecule has 4 nitrogen and oxygen atoms in total. The number of rotatable bonds is 3. The van der Waals surface area contributed by atoms with Crippen LogP contribution in [0.5, 0.6) is 0 Å². The lowest BCUT2D eigenvalue weighted by Gasteiger charge is -2.20. The van der Waals surface area contributed by atoms with Gasteiger partial charge in [0.15, 0.2) is 5.17 Å². The van der Waals surface area contributed by atoms with Crippen molar-refractivity contribution in [3.05, 3.63) is 12.3 Å². The van der Waals surface area contributed by atoms with Gasteiger partial charge in [-0.1, -0.05) is 18.5 Å². The third-order valence-corrected chi connectivity index (χ3v) is 1.25. The third kappa shape index (κ3) is 2.78. The Morgan fingerprint density at radius 1 is 1.91 bits per heavy atom. The molecule has 0 fully saturated rings. The molecule has 0 aromatic carbocycles. The summed E-state index contributed by atoms with van der Waals surface area (Å²) in [6.45, 7) is 2.92. The second kappa shape index (κ2) is 4.20. The monoisotopic (exact) mass is 173 g/mol. The molecule has 61 valence electrons. The van der Waals surface area contributed by atoms with Crippen LogP contribution in [0, 0.1) is 6.20 Å². The van der Waals surface area contributed by atoms with E-state index in [0.717, 1.165) is 13.0 Å². The minimum atomic E-state index is 0.410. The van der Waals surface area contributed by atoms with Crippen LogP contribution in [0.2, 0.25) is 0 Å². The van der Waals surface area contributed by atoms with Gasteiger partial charge in [-0.05, 0) is 6.42 Å². The van der Waals surface area contributed by atoms with Gasteiger partial charge in [0.2, 0.25) is 0 Å². The maximum Gasteiger partial charge on any atom is 0.154 e. The van der Waals surface area contributed by atoms with Gasteiger partial charge in [-0.3, -0.25) is 5.43 Å². The highest BCUT2D eigenvalue weighted by atomic mass is 35.5. The quantitative estimate of drug-likeness (QED) is 0.657. The highest BCUT2D eigenvalue weighted by Gasteiger charge is 2.01. The first-order valence-electron chi connectivity index (χ1n) is 3.45. The maximum atomic E-state index is 5.60. The zero-order valence-corrected chi connectivity index (χ0v) is 7.02. The summed E-state index contributed by atoms with van der Waals surface area (Å²) in [4.78, 5) is 0. The molecule has 0 aliphatic carbocycles. The molecule has 1 heterocycles. The molecule has 0 saturated heterocycles. The Bertz CT molecular complexity index is 177. The Labute approximate surface area is 70.8 Å². The number of halogens is 1. The normalized spacial score (nSPS) is 16.2. The van der Waals surface area contributed by atoms with E-state index in [0.29, 0.717) is 5.17 Å². The average molecular weight is 174 g/mol. The molecule has 0 atom stereocenters. The van der Waals surface area contributed by atoms with Crippen molar-refractivity contribution in [3.8, 4) is 0 Å².